The first-order valence-electron chi connectivity index (χ1n) is 5.19. The van der Waals surface area contributed by atoms with E-state index >= 15 is 0 Å². The number of rotatable bonds is 3. The number of hydrogen-bond donors (Lipinski definition) is 1. The van der Waals surface area contributed by atoms with Crippen molar-refractivity contribution in [3.63, 3.8) is 0 Å². The van der Waals surface area contributed by atoms with E-state index in [-0.39, 0.29) is 15.9 Å². The van der Waals surface area contributed by atoms with Gasteiger partial charge < -0.3 is 5.32 Å². The van der Waals surface area contributed by atoms with Gasteiger partial charge in [0.2, 0.25) is 0 Å². The molecule has 2 aromatic rings. The Morgan fingerprint density at radius 2 is 1.50 bits per heavy atom. The van der Waals surface area contributed by atoms with Gasteiger partial charge in [-0.1, -0.05) is 35.3 Å². The van der Waals surface area contributed by atoms with E-state index in [2.05, 4.69) is 5.32 Å². The van der Waals surface area contributed by atoms with Crippen molar-refractivity contribution in [2.24, 2.45) is 0 Å². The van der Waals surface area contributed by atoms with Gasteiger partial charge >= 0.3 is 0 Å². The summed E-state index contributed by atoms with van der Waals surface area (Å²) in [5, 5.41) is 2.96. The lowest BCUT2D eigenvalue weighted by molar-refractivity contribution is 0.627. The van der Waals surface area contributed by atoms with Crippen molar-refractivity contribution >= 4 is 28.9 Å². The summed E-state index contributed by atoms with van der Waals surface area (Å²) in [5.41, 5.74) is 1.50. The van der Waals surface area contributed by atoms with Gasteiger partial charge in [0, 0.05) is 12.2 Å². The normalized spacial score (nSPS) is 10.4. The minimum absolute atomic E-state index is 0.0379. The third-order valence-corrected chi connectivity index (χ3v) is 2.94. The van der Waals surface area contributed by atoms with Gasteiger partial charge in [0.15, 0.2) is 5.82 Å². The molecule has 0 heterocycles. The van der Waals surface area contributed by atoms with Crippen LogP contribution < -0.4 is 5.32 Å². The van der Waals surface area contributed by atoms with Gasteiger partial charge in [0.1, 0.15) is 5.82 Å². The maximum Gasteiger partial charge on any atom is 0.160 e. The maximum atomic E-state index is 13.2. The summed E-state index contributed by atoms with van der Waals surface area (Å²) in [6.45, 7) is 0.471. The first-order chi connectivity index (χ1) is 8.56. The van der Waals surface area contributed by atoms with Gasteiger partial charge in [0.25, 0.3) is 0 Å². The molecule has 1 N–H and O–H groups in total. The summed E-state index contributed by atoms with van der Waals surface area (Å²) in [7, 11) is 0. The first kappa shape index (κ1) is 13.1. The molecule has 0 radical (unpaired) electrons. The molecule has 0 aliphatic carbocycles. The zero-order valence-electron chi connectivity index (χ0n) is 9.18. The maximum absolute atomic E-state index is 13.2. The molecular weight excluding hydrogens is 279 g/mol. The predicted molar refractivity (Wildman–Crippen MR) is 70.1 cm³/mol. The van der Waals surface area contributed by atoms with E-state index in [0.717, 1.165) is 5.56 Å². The van der Waals surface area contributed by atoms with E-state index in [1.165, 1.54) is 24.3 Å². The average Bonchev–Trinajstić information content (AvgIpc) is 2.35. The second kappa shape index (κ2) is 5.55. The second-order valence-corrected chi connectivity index (χ2v) is 4.55. The number of halogens is 4. The van der Waals surface area contributed by atoms with E-state index in [1.807, 2.05) is 0 Å². The standard InChI is InChI=1S/C13H9Cl2F2N/c14-11-5-10(6-12(15)13(11)17)18-7-8-1-3-9(16)4-2-8/h1-6,18H,7H2. The summed E-state index contributed by atoms with van der Waals surface area (Å²) in [6.07, 6.45) is 0. The lowest BCUT2D eigenvalue weighted by atomic mass is 10.2. The van der Waals surface area contributed by atoms with Crippen molar-refractivity contribution in [1.29, 1.82) is 0 Å². The predicted octanol–water partition coefficient (Wildman–Crippen LogP) is 4.88. The van der Waals surface area contributed by atoms with Gasteiger partial charge in [-0.25, -0.2) is 8.78 Å². The highest BCUT2D eigenvalue weighted by Crippen LogP contribution is 2.27. The molecule has 0 spiro atoms. The highest BCUT2D eigenvalue weighted by Gasteiger charge is 2.07. The molecule has 1 nitrogen and oxygen atoms in total. The molecule has 0 fully saturated rings. The Morgan fingerprint density at radius 1 is 0.944 bits per heavy atom. The van der Waals surface area contributed by atoms with Crippen LogP contribution in [0.15, 0.2) is 36.4 Å². The summed E-state index contributed by atoms with van der Waals surface area (Å²) >= 11 is 11.3. The minimum atomic E-state index is -0.634. The molecule has 0 unspecified atom stereocenters. The Kier molecular flexibility index (Phi) is 4.04. The molecule has 18 heavy (non-hydrogen) atoms. The third kappa shape index (κ3) is 3.12. The summed E-state index contributed by atoms with van der Waals surface area (Å²) in [5.74, 6) is -0.919. The van der Waals surface area contributed by atoms with Gasteiger partial charge in [0.05, 0.1) is 10.0 Å². The van der Waals surface area contributed by atoms with Crippen LogP contribution in [0, 0.1) is 11.6 Å². The molecule has 0 aromatic heterocycles. The van der Waals surface area contributed by atoms with E-state index < -0.39 is 5.82 Å². The van der Waals surface area contributed by atoms with Gasteiger partial charge in [-0.05, 0) is 29.8 Å². The first-order valence-corrected chi connectivity index (χ1v) is 5.95. The van der Waals surface area contributed by atoms with Gasteiger partial charge in [-0.3, -0.25) is 0 Å². The van der Waals surface area contributed by atoms with E-state index in [4.69, 9.17) is 23.2 Å². The Balaban J connectivity index is 2.08. The van der Waals surface area contributed by atoms with E-state index in [1.54, 1.807) is 12.1 Å². The Bertz CT molecular complexity index is 532. The van der Waals surface area contributed by atoms with E-state index in [9.17, 15) is 8.78 Å². The van der Waals surface area contributed by atoms with Crippen molar-refractivity contribution in [3.05, 3.63) is 63.6 Å². The molecule has 2 rings (SSSR count). The molecular formula is C13H9Cl2F2N. The minimum Gasteiger partial charge on any atom is -0.381 e. The number of anilines is 1. The van der Waals surface area contributed by atoms with Crippen LogP contribution in [0.3, 0.4) is 0 Å². The topological polar surface area (TPSA) is 12.0 Å². The number of benzene rings is 2. The van der Waals surface area contributed by atoms with Crippen LogP contribution in [0.2, 0.25) is 10.0 Å². The summed E-state index contributed by atoms with van der Waals surface area (Å²) < 4.78 is 25.9. The lowest BCUT2D eigenvalue weighted by Gasteiger charge is -2.08. The van der Waals surface area contributed by atoms with Crippen molar-refractivity contribution in [1.82, 2.24) is 0 Å². The second-order valence-electron chi connectivity index (χ2n) is 3.73. The molecule has 0 atom stereocenters. The van der Waals surface area contributed by atoms with Crippen LogP contribution in [0.4, 0.5) is 14.5 Å². The van der Waals surface area contributed by atoms with Crippen LogP contribution in [0.5, 0.6) is 0 Å². The van der Waals surface area contributed by atoms with Crippen LogP contribution in [-0.4, -0.2) is 0 Å². The highest BCUT2D eigenvalue weighted by molar-refractivity contribution is 6.35. The van der Waals surface area contributed by atoms with Crippen LogP contribution >= 0.6 is 23.2 Å². The summed E-state index contributed by atoms with van der Waals surface area (Å²) in [4.78, 5) is 0. The molecule has 5 heteroatoms. The van der Waals surface area contributed by atoms with Gasteiger partial charge in [-0.15, -0.1) is 0 Å². The molecule has 94 valence electrons. The Labute approximate surface area is 113 Å². The number of hydrogen-bond acceptors (Lipinski definition) is 1. The molecule has 0 bridgehead atoms. The smallest absolute Gasteiger partial charge is 0.160 e. The molecule has 0 amide bonds. The largest absolute Gasteiger partial charge is 0.381 e. The Morgan fingerprint density at radius 3 is 2.06 bits per heavy atom. The molecule has 0 saturated heterocycles. The van der Waals surface area contributed by atoms with Crippen molar-refractivity contribution in [2.45, 2.75) is 6.54 Å². The fourth-order valence-corrected chi connectivity index (χ4v) is 1.95. The number of nitrogens with one attached hydrogen (secondary N) is 1. The lowest BCUT2D eigenvalue weighted by Crippen LogP contribution is -2.00. The van der Waals surface area contributed by atoms with Crippen molar-refractivity contribution in [2.75, 3.05) is 5.32 Å². The molecule has 2 aromatic carbocycles. The quantitative estimate of drug-likeness (QED) is 0.793. The van der Waals surface area contributed by atoms with Crippen LogP contribution in [0.25, 0.3) is 0 Å². The zero-order chi connectivity index (χ0) is 13.1. The highest BCUT2D eigenvalue weighted by atomic mass is 35.5. The fourth-order valence-electron chi connectivity index (χ4n) is 1.46. The van der Waals surface area contributed by atoms with Crippen LogP contribution in [-0.2, 0) is 6.54 Å². The molecule has 0 aliphatic heterocycles. The molecule has 0 aliphatic rings. The van der Waals surface area contributed by atoms with Crippen LogP contribution in [0.1, 0.15) is 5.56 Å². The average molecular weight is 288 g/mol. The monoisotopic (exact) mass is 287 g/mol. The van der Waals surface area contributed by atoms with Crippen molar-refractivity contribution in [3.8, 4) is 0 Å². The third-order valence-electron chi connectivity index (χ3n) is 2.39. The van der Waals surface area contributed by atoms with Gasteiger partial charge in [-0.2, -0.15) is 0 Å². The molecule has 0 saturated carbocycles. The zero-order valence-corrected chi connectivity index (χ0v) is 10.7. The van der Waals surface area contributed by atoms with Crippen molar-refractivity contribution < 1.29 is 8.78 Å². The SMILES string of the molecule is Fc1ccc(CNc2cc(Cl)c(F)c(Cl)c2)cc1. The Hall–Kier alpha value is -1.32. The fraction of sp³-hybridized carbons (Fsp3) is 0.0769. The summed E-state index contributed by atoms with van der Waals surface area (Å²) in [6, 6.07) is 8.98. The van der Waals surface area contributed by atoms with E-state index in [0.29, 0.717) is 12.2 Å².